The number of nitrogens with zero attached hydrogens (tertiary/aromatic N) is 1. The minimum Gasteiger partial charge on any atom is -0.370 e. The molecule has 0 spiro atoms. The zero-order valence-electron chi connectivity index (χ0n) is 10.3. The molecule has 0 amide bonds. The first kappa shape index (κ1) is 12.7. The van der Waals surface area contributed by atoms with Crippen molar-refractivity contribution in [1.82, 2.24) is 9.97 Å². The number of hydrogen-bond donors (Lipinski definition) is 2. The monoisotopic (exact) mass is 287 g/mol. The first-order valence-electron chi connectivity index (χ1n) is 5.84. The third-order valence-corrected chi connectivity index (χ3v) is 3.25. The first-order valence-corrected chi connectivity index (χ1v) is 6.21. The fourth-order valence-corrected chi connectivity index (χ4v) is 2.33. The Labute approximate surface area is 119 Å². The van der Waals surface area contributed by atoms with Crippen LogP contribution in [0.4, 0.5) is 0 Å². The third kappa shape index (κ3) is 2.03. The predicted octanol–water partition coefficient (Wildman–Crippen LogP) is 2.91. The zero-order valence-corrected chi connectivity index (χ0v) is 11.0. The van der Waals surface area contributed by atoms with E-state index in [2.05, 4.69) is 14.8 Å². The Balaban J connectivity index is 2.24. The molecule has 6 heteroatoms. The number of benzene rings is 1. The summed E-state index contributed by atoms with van der Waals surface area (Å²) >= 11 is 6.00. The average Bonchev–Trinajstić information content (AvgIpc) is 2.94. The van der Waals surface area contributed by atoms with E-state index in [9.17, 15) is 4.79 Å². The van der Waals surface area contributed by atoms with Gasteiger partial charge in [0.1, 0.15) is 5.56 Å². The van der Waals surface area contributed by atoms with Gasteiger partial charge in [-0.3, -0.25) is 4.98 Å². The summed E-state index contributed by atoms with van der Waals surface area (Å²) in [4.78, 5) is 23.2. The molecular formula is C14H10ClN3O2. The van der Waals surface area contributed by atoms with Crippen LogP contribution in [0.25, 0.3) is 22.2 Å². The van der Waals surface area contributed by atoms with Crippen molar-refractivity contribution in [2.24, 2.45) is 5.90 Å². The van der Waals surface area contributed by atoms with E-state index in [0.717, 1.165) is 16.6 Å². The fourth-order valence-electron chi connectivity index (χ4n) is 2.14. The lowest BCUT2D eigenvalue weighted by Gasteiger charge is -2.06. The van der Waals surface area contributed by atoms with Gasteiger partial charge < -0.3 is 9.82 Å². The molecule has 0 atom stereocenters. The number of nitrogens with one attached hydrogen (secondary N) is 1. The summed E-state index contributed by atoms with van der Waals surface area (Å²) < 4.78 is 0. The molecule has 3 N–H and O–H groups in total. The average molecular weight is 288 g/mol. The summed E-state index contributed by atoms with van der Waals surface area (Å²) in [6, 6.07) is 9.20. The van der Waals surface area contributed by atoms with Gasteiger partial charge in [-0.25, -0.2) is 4.79 Å². The van der Waals surface area contributed by atoms with E-state index in [4.69, 9.17) is 17.5 Å². The molecule has 0 saturated heterocycles. The Bertz CT molecular complexity index is 798. The molecule has 0 saturated carbocycles. The van der Waals surface area contributed by atoms with Crippen molar-refractivity contribution in [3.8, 4) is 11.3 Å². The van der Waals surface area contributed by atoms with Crippen LogP contribution < -0.4 is 5.90 Å². The maximum atomic E-state index is 11.6. The zero-order chi connectivity index (χ0) is 14.1. The van der Waals surface area contributed by atoms with Crippen LogP contribution in [0, 0.1) is 0 Å². The Morgan fingerprint density at radius 2 is 2.20 bits per heavy atom. The number of aromatic nitrogens is 2. The highest BCUT2D eigenvalue weighted by Crippen LogP contribution is 2.29. The number of halogens is 1. The second-order valence-electron chi connectivity index (χ2n) is 4.20. The highest BCUT2D eigenvalue weighted by Gasteiger charge is 2.16. The summed E-state index contributed by atoms with van der Waals surface area (Å²) in [6.07, 6.45) is 3.16. The van der Waals surface area contributed by atoms with Gasteiger partial charge in [-0.05, 0) is 18.2 Å². The molecule has 3 aromatic rings. The Kier molecular flexibility index (Phi) is 3.14. The normalized spacial score (nSPS) is 10.7. The molecule has 5 nitrogen and oxygen atoms in total. The van der Waals surface area contributed by atoms with E-state index in [1.807, 2.05) is 24.3 Å². The van der Waals surface area contributed by atoms with Crippen LogP contribution in [0.3, 0.4) is 0 Å². The van der Waals surface area contributed by atoms with Crippen LogP contribution in [0.5, 0.6) is 0 Å². The molecule has 2 aromatic heterocycles. The fraction of sp³-hybridized carbons (Fsp3) is 0. The smallest absolute Gasteiger partial charge is 0.360 e. The minimum atomic E-state index is -0.636. The van der Waals surface area contributed by atoms with Gasteiger partial charge in [-0.15, -0.1) is 0 Å². The number of fused-ring (bicyclic) bond motifs is 1. The van der Waals surface area contributed by atoms with Crippen LogP contribution in [-0.2, 0) is 4.84 Å². The highest BCUT2D eigenvalue weighted by molar-refractivity contribution is 6.30. The van der Waals surface area contributed by atoms with Gasteiger partial charge in [-0.1, -0.05) is 23.7 Å². The van der Waals surface area contributed by atoms with Crippen molar-refractivity contribution in [2.45, 2.75) is 0 Å². The van der Waals surface area contributed by atoms with Gasteiger partial charge in [0.25, 0.3) is 0 Å². The molecule has 0 aliphatic heterocycles. The second kappa shape index (κ2) is 4.96. The number of rotatable bonds is 2. The topological polar surface area (TPSA) is 81.0 Å². The largest absolute Gasteiger partial charge is 0.370 e. The maximum Gasteiger partial charge on any atom is 0.360 e. The van der Waals surface area contributed by atoms with Crippen molar-refractivity contribution < 1.29 is 9.63 Å². The third-order valence-electron chi connectivity index (χ3n) is 3.02. The Hall–Kier alpha value is -2.37. The number of carbonyl (C=O) groups excluding carboxylic acids is 1. The van der Waals surface area contributed by atoms with Gasteiger partial charge in [-0.2, -0.15) is 5.90 Å². The summed E-state index contributed by atoms with van der Waals surface area (Å²) in [7, 11) is 0. The number of pyridine rings is 1. The summed E-state index contributed by atoms with van der Waals surface area (Å²) in [6.45, 7) is 0. The molecule has 20 heavy (non-hydrogen) atoms. The molecule has 0 fully saturated rings. The van der Waals surface area contributed by atoms with Gasteiger partial charge >= 0.3 is 5.97 Å². The van der Waals surface area contributed by atoms with Crippen molar-refractivity contribution in [1.29, 1.82) is 0 Å². The van der Waals surface area contributed by atoms with E-state index in [-0.39, 0.29) is 0 Å². The summed E-state index contributed by atoms with van der Waals surface area (Å²) in [5.41, 5.74) is 2.52. The van der Waals surface area contributed by atoms with Crippen molar-refractivity contribution >= 4 is 28.5 Å². The van der Waals surface area contributed by atoms with Gasteiger partial charge in [0.15, 0.2) is 0 Å². The van der Waals surface area contributed by atoms with E-state index in [1.54, 1.807) is 12.3 Å². The Morgan fingerprint density at radius 3 is 2.95 bits per heavy atom. The van der Waals surface area contributed by atoms with Crippen molar-refractivity contribution in [3.63, 3.8) is 0 Å². The molecule has 0 bridgehead atoms. The second-order valence-corrected chi connectivity index (χ2v) is 4.64. The molecule has 0 radical (unpaired) electrons. The quantitative estimate of drug-likeness (QED) is 0.710. The number of aromatic amines is 1. The van der Waals surface area contributed by atoms with E-state index >= 15 is 0 Å². The van der Waals surface area contributed by atoms with Gasteiger partial charge in [0.2, 0.25) is 0 Å². The van der Waals surface area contributed by atoms with Crippen LogP contribution in [-0.4, -0.2) is 15.9 Å². The molecule has 0 aliphatic carbocycles. The van der Waals surface area contributed by atoms with E-state index in [0.29, 0.717) is 16.1 Å². The van der Waals surface area contributed by atoms with Crippen molar-refractivity contribution in [3.05, 3.63) is 53.3 Å². The van der Waals surface area contributed by atoms with Crippen LogP contribution in [0.1, 0.15) is 10.4 Å². The predicted molar refractivity (Wildman–Crippen MR) is 76.1 cm³/mol. The molecular weight excluding hydrogens is 278 g/mol. The van der Waals surface area contributed by atoms with E-state index in [1.165, 1.54) is 6.20 Å². The molecule has 0 unspecified atom stereocenters. The number of hydrogen-bond acceptors (Lipinski definition) is 4. The number of H-pyrrole nitrogens is 1. The summed E-state index contributed by atoms with van der Waals surface area (Å²) in [5, 5.41) is 1.42. The van der Waals surface area contributed by atoms with E-state index < -0.39 is 5.97 Å². The molecule has 1 aromatic carbocycles. The molecule has 0 aliphatic rings. The molecule has 3 rings (SSSR count). The Morgan fingerprint density at radius 1 is 1.35 bits per heavy atom. The van der Waals surface area contributed by atoms with Crippen LogP contribution >= 0.6 is 11.6 Å². The lowest BCUT2D eigenvalue weighted by molar-refractivity contribution is 0.0505. The summed E-state index contributed by atoms with van der Waals surface area (Å²) in [5.74, 6) is 4.29. The SMILES string of the molecule is NOC(=O)c1cnc(-c2cccc(Cl)c2)c2cc[nH]c12. The maximum absolute atomic E-state index is 11.6. The number of nitrogens with two attached hydrogens (primary N) is 1. The standard InChI is InChI=1S/C14H10ClN3O2/c15-9-3-1-2-8(6-9)12-10-4-5-17-13(10)11(7-18-12)14(19)20-16/h1-7,17H,16H2. The van der Waals surface area contributed by atoms with Crippen molar-refractivity contribution in [2.75, 3.05) is 0 Å². The van der Waals surface area contributed by atoms with Gasteiger partial charge in [0.05, 0.1) is 11.2 Å². The lowest BCUT2D eigenvalue weighted by Crippen LogP contribution is -2.11. The van der Waals surface area contributed by atoms with Crippen LogP contribution in [0.2, 0.25) is 5.02 Å². The lowest BCUT2D eigenvalue weighted by atomic mass is 10.1. The minimum absolute atomic E-state index is 0.290. The number of carbonyl (C=O) groups is 1. The highest BCUT2D eigenvalue weighted by atomic mass is 35.5. The molecule has 100 valence electrons. The first-order chi connectivity index (χ1) is 9.70. The van der Waals surface area contributed by atoms with Crippen LogP contribution in [0.15, 0.2) is 42.7 Å². The van der Waals surface area contributed by atoms with Gasteiger partial charge in [0, 0.05) is 28.4 Å². The molecule has 2 heterocycles.